The van der Waals surface area contributed by atoms with Crippen LogP contribution >= 0.6 is 0 Å². The molecular formula is C18H22N2O3. The van der Waals surface area contributed by atoms with Crippen LogP contribution in [-0.2, 0) is 11.2 Å². The van der Waals surface area contributed by atoms with Gasteiger partial charge in [0.1, 0.15) is 5.75 Å². The molecular weight excluding hydrogens is 292 g/mol. The van der Waals surface area contributed by atoms with Gasteiger partial charge in [-0.1, -0.05) is 18.2 Å². The summed E-state index contributed by atoms with van der Waals surface area (Å²) in [5.41, 5.74) is 7.06. The van der Waals surface area contributed by atoms with Gasteiger partial charge in [-0.15, -0.1) is 0 Å². The molecule has 0 bridgehead atoms. The minimum Gasteiger partial charge on any atom is -0.493 e. The van der Waals surface area contributed by atoms with Crippen LogP contribution in [0.25, 0.3) is 11.1 Å². The van der Waals surface area contributed by atoms with Crippen LogP contribution in [0.5, 0.6) is 5.75 Å². The Morgan fingerprint density at radius 3 is 2.35 bits per heavy atom. The lowest BCUT2D eigenvalue weighted by Gasteiger charge is -2.17. The number of aromatic nitrogens is 1. The van der Waals surface area contributed by atoms with Gasteiger partial charge in [-0.2, -0.15) is 0 Å². The van der Waals surface area contributed by atoms with Crippen molar-refractivity contribution in [3.8, 4) is 16.9 Å². The predicted octanol–water partition coefficient (Wildman–Crippen LogP) is 2.32. The van der Waals surface area contributed by atoms with Crippen molar-refractivity contribution in [1.29, 1.82) is 0 Å². The molecule has 1 heterocycles. The fourth-order valence-corrected chi connectivity index (χ4v) is 2.04. The molecule has 0 fully saturated rings. The summed E-state index contributed by atoms with van der Waals surface area (Å²) in [7, 11) is 0. The van der Waals surface area contributed by atoms with Crippen LogP contribution in [0.2, 0.25) is 0 Å². The van der Waals surface area contributed by atoms with Gasteiger partial charge in [-0.25, -0.2) is 0 Å². The normalized spacial score (nSPS) is 11.3. The summed E-state index contributed by atoms with van der Waals surface area (Å²) in [5.74, 6) is 0.370. The molecule has 2 aromatic rings. The van der Waals surface area contributed by atoms with Crippen molar-refractivity contribution >= 4 is 5.91 Å². The fourth-order valence-electron chi connectivity index (χ4n) is 2.04. The lowest BCUT2D eigenvalue weighted by atomic mass is 10.1. The summed E-state index contributed by atoms with van der Waals surface area (Å²) in [6.07, 6.45) is 2.44. The zero-order valence-electron chi connectivity index (χ0n) is 13.5. The smallest absolute Gasteiger partial charge is 0.223 e. The van der Waals surface area contributed by atoms with Gasteiger partial charge in [0.2, 0.25) is 5.91 Å². The van der Waals surface area contributed by atoms with Crippen LogP contribution in [0.4, 0.5) is 0 Å². The number of nitrogens with two attached hydrogens (primary N) is 1. The third kappa shape index (κ3) is 5.71. The highest BCUT2D eigenvalue weighted by atomic mass is 16.5. The quantitative estimate of drug-likeness (QED) is 0.821. The second kappa shape index (κ2) is 7.24. The average Bonchev–Trinajstić information content (AvgIpc) is 2.47. The third-order valence-electron chi connectivity index (χ3n) is 3.35. The number of hydrogen-bond donors (Lipinski definition) is 2. The Morgan fingerprint density at radius 2 is 1.83 bits per heavy atom. The highest BCUT2D eigenvalue weighted by Gasteiger charge is 2.12. The fraction of sp³-hybridized carbons (Fsp3) is 0.333. The van der Waals surface area contributed by atoms with E-state index in [9.17, 15) is 9.90 Å². The number of ether oxygens (including phenoxy) is 1. The van der Waals surface area contributed by atoms with E-state index >= 15 is 0 Å². The Hall–Kier alpha value is -2.40. The summed E-state index contributed by atoms with van der Waals surface area (Å²) in [4.78, 5) is 15.1. The maximum atomic E-state index is 10.9. The second-order valence-corrected chi connectivity index (χ2v) is 6.12. The zero-order chi connectivity index (χ0) is 16.9. The molecule has 0 radical (unpaired) electrons. The van der Waals surface area contributed by atoms with Gasteiger partial charge in [0.25, 0.3) is 0 Å². The number of pyridine rings is 1. The third-order valence-corrected chi connectivity index (χ3v) is 3.35. The summed E-state index contributed by atoms with van der Waals surface area (Å²) < 4.78 is 5.61. The van der Waals surface area contributed by atoms with Crippen molar-refractivity contribution in [2.45, 2.75) is 32.3 Å². The maximum Gasteiger partial charge on any atom is 0.223 e. The van der Waals surface area contributed by atoms with E-state index in [4.69, 9.17) is 10.5 Å². The molecule has 0 aliphatic heterocycles. The lowest BCUT2D eigenvalue weighted by molar-refractivity contribution is -0.117. The van der Waals surface area contributed by atoms with E-state index in [2.05, 4.69) is 4.98 Å². The molecule has 23 heavy (non-hydrogen) atoms. The molecule has 0 spiro atoms. The standard InChI is InChI=1S/C18H22N2O3/c1-18(2,22)9-10-23-16-7-4-13(5-8-16)14-3-6-15(20-12-14)11-17(19)21/h3-8,12,22H,9-11H2,1-2H3,(H2,19,21). The number of carbonyl (C=O) groups excluding carboxylic acids is 1. The Kier molecular flexibility index (Phi) is 5.34. The van der Waals surface area contributed by atoms with Crippen molar-refractivity contribution in [2.75, 3.05) is 6.61 Å². The maximum absolute atomic E-state index is 10.9. The molecule has 1 aromatic carbocycles. The van der Waals surface area contributed by atoms with Crippen LogP contribution in [0.3, 0.4) is 0 Å². The highest BCUT2D eigenvalue weighted by molar-refractivity contribution is 5.76. The van der Waals surface area contributed by atoms with Crippen LogP contribution in [0.15, 0.2) is 42.6 Å². The van der Waals surface area contributed by atoms with Gasteiger partial charge in [0.05, 0.1) is 18.6 Å². The summed E-state index contributed by atoms with van der Waals surface area (Å²) in [6.45, 7) is 3.98. The first-order chi connectivity index (χ1) is 10.8. The van der Waals surface area contributed by atoms with E-state index in [1.807, 2.05) is 30.3 Å². The molecule has 0 unspecified atom stereocenters. The number of rotatable bonds is 7. The Labute approximate surface area is 136 Å². The molecule has 0 aliphatic carbocycles. The predicted molar refractivity (Wildman–Crippen MR) is 89.0 cm³/mol. The van der Waals surface area contributed by atoms with E-state index in [1.54, 1.807) is 26.1 Å². The average molecular weight is 314 g/mol. The molecule has 5 heteroatoms. The molecule has 0 saturated heterocycles. The van der Waals surface area contributed by atoms with Crippen molar-refractivity contribution in [1.82, 2.24) is 4.98 Å². The molecule has 3 N–H and O–H groups in total. The van der Waals surface area contributed by atoms with Gasteiger partial charge >= 0.3 is 0 Å². The molecule has 1 amide bonds. The SMILES string of the molecule is CC(C)(O)CCOc1ccc(-c2ccc(CC(N)=O)nc2)cc1. The number of amides is 1. The minimum absolute atomic E-state index is 0.147. The van der Waals surface area contributed by atoms with Gasteiger partial charge in [-0.3, -0.25) is 9.78 Å². The van der Waals surface area contributed by atoms with Crippen LogP contribution < -0.4 is 10.5 Å². The van der Waals surface area contributed by atoms with Crippen LogP contribution in [-0.4, -0.2) is 28.2 Å². The van der Waals surface area contributed by atoms with Crippen LogP contribution in [0, 0.1) is 0 Å². The second-order valence-electron chi connectivity index (χ2n) is 6.12. The van der Waals surface area contributed by atoms with Crippen molar-refractivity contribution in [3.63, 3.8) is 0 Å². The molecule has 1 aromatic heterocycles. The molecule has 122 valence electrons. The number of carbonyl (C=O) groups is 1. The van der Waals surface area contributed by atoms with Crippen LogP contribution in [0.1, 0.15) is 26.0 Å². The number of nitrogens with zero attached hydrogens (tertiary/aromatic N) is 1. The minimum atomic E-state index is -0.724. The summed E-state index contributed by atoms with van der Waals surface area (Å²) in [5, 5.41) is 9.65. The summed E-state index contributed by atoms with van der Waals surface area (Å²) in [6, 6.07) is 11.4. The first-order valence-corrected chi connectivity index (χ1v) is 7.52. The topological polar surface area (TPSA) is 85.4 Å². The summed E-state index contributed by atoms with van der Waals surface area (Å²) >= 11 is 0. The van der Waals surface area contributed by atoms with Gasteiger partial charge in [0.15, 0.2) is 0 Å². The molecule has 5 nitrogen and oxygen atoms in total. The van der Waals surface area contributed by atoms with Crippen molar-refractivity contribution < 1.29 is 14.6 Å². The van der Waals surface area contributed by atoms with E-state index in [0.29, 0.717) is 18.7 Å². The Bertz CT molecular complexity index is 643. The molecule has 2 rings (SSSR count). The number of aliphatic hydroxyl groups is 1. The Morgan fingerprint density at radius 1 is 1.17 bits per heavy atom. The van der Waals surface area contributed by atoms with Gasteiger partial charge in [-0.05, 0) is 37.6 Å². The van der Waals surface area contributed by atoms with E-state index in [-0.39, 0.29) is 6.42 Å². The number of primary amides is 1. The van der Waals surface area contributed by atoms with E-state index < -0.39 is 11.5 Å². The zero-order valence-corrected chi connectivity index (χ0v) is 13.5. The number of hydrogen-bond acceptors (Lipinski definition) is 4. The highest BCUT2D eigenvalue weighted by Crippen LogP contribution is 2.22. The van der Waals surface area contributed by atoms with Crippen molar-refractivity contribution in [2.24, 2.45) is 5.73 Å². The number of benzene rings is 1. The van der Waals surface area contributed by atoms with E-state index in [1.165, 1.54) is 0 Å². The first kappa shape index (κ1) is 17.0. The first-order valence-electron chi connectivity index (χ1n) is 7.52. The largest absolute Gasteiger partial charge is 0.493 e. The van der Waals surface area contributed by atoms with Gasteiger partial charge < -0.3 is 15.6 Å². The van der Waals surface area contributed by atoms with E-state index in [0.717, 1.165) is 16.9 Å². The van der Waals surface area contributed by atoms with Crippen molar-refractivity contribution in [3.05, 3.63) is 48.3 Å². The Balaban J connectivity index is 1.97. The monoisotopic (exact) mass is 314 g/mol. The molecule has 0 saturated carbocycles. The van der Waals surface area contributed by atoms with Gasteiger partial charge in [0, 0.05) is 23.9 Å². The molecule has 0 aliphatic rings. The lowest BCUT2D eigenvalue weighted by Crippen LogP contribution is -2.21. The molecule has 0 atom stereocenters.